The number of sulfone groups is 1. The van der Waals surface area contributed by atoms with Gasteiger partial charge < -0.3 is 9.80 Å². The van der Waals surface area contributed by atoms with Gasteiger partial charge in [-0.25, -0.2) is 21.6 Å². The van der Waals surface area contributed by atoms with Gasteiger partial charge >= 0.3 is 0 Å². The van der Waals surface area contributed by atoms with Crippen molar-refractivity contribution in [3.05, 3.63) is 90.3 Å². The molecule has 0 atom stereocenters. The van der Waals surface area contributed by atoms with Crippen LogP contribution in [-0.2, 0) is 31.1 Å². The molecule has 0 unspecified atom stereocenters. The number of hydrogen-bond donors (Lipinski definition) is 1. The summed E-state index contributed by atoms with van der Waals surface area (Å²) < 4.78 is 52.0. The Balaban J connectivity index is 1.28. The van der Waals surface area contributed by atoms with Crippen molar-refractivity contribution in [2.45, 2.75) is 35.1 Å². The highest BCUT2D eigenvalue weighted by Crippen LogP contribution is 2.20. The number of carbonyl (C=O) groups is 1. The van der Waals surface area contributed by atoms with Crippen LogP contribution in [-0.4, -0.2) is 71.6 Å². The van der Waals surface area contributed by atoms with Crippen LogP contribution in [0.1, 0.15) is 24.0 Å². The number of nitrogens with one attached hydrogen (secondary N) is 1. The predicted octanol–water partition coefficient (Wildman–Crippen LogP) is 3.15. The van der Waals surface area contributed by atoms with E-state index < -0.39 is 19.9 Å². The summed E-state index contributed by atoms with van der Waals surface area (Å²) in [6, 6.07) is 16.3. The Morgan fingerprint density at radius 2 is 1.65 bits per heavy atom. The van der Waals surface area contributed by atoms with Crippen molar-refractivity contribution >= 4 is 37.5 Å². The van der Waals surface area contributed by atoms with Crippen molar-refractivity contribution in [3.63, 3.8) is 0 Å². The summed E-state index contributed by atoms with van der Waals surface area (Å²) in [4.78, 5) is 20.9. The molecule has 9 nitrogen and oxygen atoms in total. The first-order valence-electron chi connectivity index (χ1n) is 13.0. The van der Waals surface area contributed by atoms with Crippen molar-refractivity contribution < 1.29 is 21.6 Å². The number of carbonyl (C=O) groups excluding carboxylic acids is 1. The normalized spacial score (nSPS) is 15.3. The third-order valence-electron chi connectivity index (χ3n) is 6.94. The third kappa shape index (κ3) is 8.07. The topological polar surface area (TPSA) is 117 Å². The van der Waals surface area contributed by atoms with E-state index in [4.69, 9.17) is 0 Å². The minimum Gasteiger partial charge on any atom is -0.312 e. The molecule has 1 aliphatic rings. The maximum Gasteiger partial charge on any atom is 0.250 e. The van der Waals surface area contributed by atoms with Crippen molar-refractivity contribution in [2.24, 2.45) is 0 Å². The average molecular weight is 583 g/mol. The van der Waals surface area contributed by atoms with E-state index in [0.29, 0.717) is 11.3 Å². The molecule has 0 bridgehead atoms. The van der Waals surface area contributed by atoms with Crippen LogP contribution in [0.5, 0.6) is 0 Å². The summed E-state index contributed by atoms with van der Waals surface area (Å²) in [5.41, 5.74) is 2.42. The van der Waals surface area contributed by atoms with E-state index >= 15 is 0 Å². The largest absolute Gasteiger partial charge is 0.312 e. The fourth-order valence-corrected chi connectivity index (χ4v) is 6.41. The molecule has 2 heterocycles. The lowest BCUT2D eigenvalue weighted by molar-refractivity contribution is -0.113. The smallest absolute Gasteiger partial charge is 0.250 e. The number of piperidine rings is 1. The van der Waals surface area contributed by atoms with E-state index in [2.05, 4.69) is 20.7 Å². The van der Waals surface area contributed by atoms with Crippen LogP contribution in [0.2, 0.25) is 0 Å². The van der Waals surface area contributed by atoms with Gasteiger partial charge in [0.2, 0.25) is 10.0 Å². The van der Waals surface area contributed by atoms with Crippen LogP contribution in [0.25, 0.3) is 6.08 Å². The van der Waals surface area contributed by atoms with Crippen LogP contribution >= 0.6 is 0 Å². The molecule has 1 amide bonds. The first-order valence-corrected chi connectivity index (χ1v) is 16.4. The fraction of sp³-hybridized carbons (Fsp3) is 0.310. The van der Waals surface area contributed by atoms with Crippen LogP contribution in [0.4, 0.5) is 5.69 Å². The number of benzene rings is 2. The lowest BCUT2D eigenvalue weighted by Crippen LogP contribution is -2.45. The second-order valence-corrected chi connectivity index (χ2v) is 13.6. The molecule has 0 aliphatic carbocycles. The maximum atomic E-state index is 13.0. The average Bonchev–Trinajstić information content (AvgIpc) is 2.95. The molecule has 11 heteroatoms. The minimum atomic E-state index is -3.69. The second kappa shape index (κ2) is 12.9. The number of sulfonamides is 1. The first-order chi connectivity index (χ1) is 19.0. The van der Waals surface area contributed by atoms with E-state index in [1.807, 2.05) is 12.3 Å². The van der Waals surface area contributed by atoms with Crippen LogP contribution < -0.4 is 9.62 Å². The molecule has 2 aromatic carbocycles. The van der Waals surface area contributed by atoms with Gasteiger partial charge in [0, 0.05) is 50.0 Å². The van der Waals surface area contributed by atoms with Crippen molar-refractivity contribution in [1.29, 1.82) is 0 Å². The zero-order valence-electron chi connectivity index (χ0n) is 22.6. The van der Waals surface area contributed by atoms with Crippen LogP contribution in [0.3, 0.4) is 0 Å². The number of pyridine rings is 1. The number of anilines is 1. The number of nitrogens with zero attached hydrogens (tertiary/aromatic N) is 3. The molecule has 0 spiro atoms. The van der Waals surface area contributed by atoms with Gasteiger partial charge in [0.15, 0.2) is 9.84 Å². The number of likely N-dealkylation sites (N-methyl/N-ethyl adjacent to an activating group) is 1. The summed E-state index contributed by atoms with van der Waals surface area (Å²) in [5.74, 6) is -0.309. The highest BCUT2D eigenvalue weighted by molar-refractivity contribution is 7.90. The van der Waals surface area contributed by atoms with E-state index in [0.717, 1.165) is 45.2 Å². The standard InChI is InChI=1S/C29H34N4O5S2/c1-32(29(34)14-7-23-5-10-27(11-6-23)39(2,35)36)26-8-12-28(13-9-26)40(37,38)31-25-16-20-33(21-17-25)19-15-24-4-3-18-30-22-24/h3-14,18,22,25,31H,15-17,19-21H2,1-2H3/b14-7+. The van der Waals surface area contributed by atoms with Gasteiger partial charge in [-0.05, 0) is 92.0 Å². The van der Waals surface area contributed by atoms with Gasteiger partial charge in [0.25, 0.3) is 5.91 Å². The monoisotopic (exact) mass is 582 g/mol. The summed E-state index contributed by atoms with van der Waals surface area (Å²) in [6.07, 6.45) is 10.2. The zero-order valence-corrected chi connectivity index (χ0v) is 24.2. The molecule has 1 N–H and O–H groups in total. The number of likely N-dealkylation sites (tertiary alicyclic amines) is 1. The summed E-state index contributed by atoms with van der Waals surface area (Å²) in [7, 11) is -5.38. The zero-order chi connectivity index (χ0) is 28.8. The summed E-state index contributed by atoms with van der Waals surface area (Å²) >= 11 is 0. The quantitative estimate of drug-likeness (QED) is 0.365. The molecule has 3 aromatic rings. The lowest BCUT2D eigenvalue weighted by Gasteiger charge is -2.32. The Morgan fingerprint density at radius 3 is 2.25 bits per heavy atom. The fourth-order valence-electron chi connectivity index (χ4n) is 4.48. The van der Waals surface area contributed by atoms with E-state index in [1.165, 1.54) is 40.8 Å². The molecule has 1 aromatic heterocycles. The summed E-state index contributed by atoms with van der Waals surface area (Å²) in [6.45, 7) is 2.58. The maximum absolute atomic E-state index is 13.0. The second-order valence-electron chi connectivity index (χ2n) is 9.91. The van der Waals surface area contributed by atoms with Crippen molar-refractivity contribution in [1.82, 2.24) is 14.6 Å². The molecule has 0 radical (unpaired) electrons. The molecule has 1 fully saturated rings. The Bertz CT molecular complexity index is 1530. The number of aromatic nitrogens is 1. The Hall–Kier alpha value is -3.38. The number of rotatable bonds is 10. The summed E-state index contributed by atoms with van der Waals surface area (Å²) in [5, 5.41) is 0. The Morgan fingerprint density at radius 1 is 1.00 bits per heavy atom. The van der Waals surface area contributed by atoms with Crippen LogP contribution in [0.15, 0.2) is 88.9 Å². The van der Waals surface area contributed by atoms with Gasteiger partial charge in [-0.1, -0.05) is 18.2 Å². The van der Waals surface area contributed by atoms with Gasteiger partial charge in [0.05, 0.1) is 9.79 Å². The molecule has 40 heavy (non-hydrogen) atoms. The molecular formula is C29H34N4O5S2. The Kier molecular flexibility index (Phi) is 9.52. The minimum absolute atomic E-state index is 0.125. The molecule has 1 aliphatic heterocycles. The van der Waals surface area contributed by atoms with E-state index in [1.54, 1.807) is 43.6 Å². The van der Waals surface area contributed by atoms with Crippen molar-refractivity contribution in [2.75, 3.05) is 37.8 Å². The van der Waals surface area contributed by atoms with Crippen LogP contribution in [0, 0.1) is 0 Å². The SMILES string of the molecule is CN(C(=O)/C=C/c1ccc(S(C)(=O)=O)cc1)c1ccc(S(=O)(=O)NC2CCN(CCc3cccnc3)CC2)cc1. The van der Waals surface area contributed by atoms with E-state index in [-0.39, 0.29) is 21.7 Å². The molecule has 1 saturated heterocycles. The predicted molar refractivity (Wildman–Crippen MR) is 156 cm³/mol. The molecular weight excluding hydrogens is 548 g/mol. The Labute approximate surface area is 236 Å². The highest BCUT2D eigenvalue weighted by Gasteiger charge is 2.25. The van der Waals surface area contributed by atoms with Gasteiger partial charge in [0.1, 0.15) is 0 Å². The number of amides is 1. The molecule has 212 valence electrons. The molecule has 0 saturated carbocycles. The van der Waals surface area contributed by atoms with E-state index in [9.17, 15) is 21.6 Å². The van der Waals surface area contributed by atoms with Gasteiger partial charge in [-0.15, -0.1) is 0 Å². The molecule has 4 rings (SSSR count). The highest BCUT2D eigenvalue weighted by atomic mass is 32.2. The van der Waals surface area contributed by atoms with Gasteiger partial charge in [-0.2, -0.15) is 0 Å². The third-order valence-corrected chi connectivity index (χ3v) is 9.61. The lowest BCUT2D eigenvalue weighted by atomic mass is 10.1. The van der Waals surface area contributed by atoms with Crippen molar-refractivity contribution in [3.8, 4) is 0 Å². The number of hydrogen-bond acceptors (Lipinski definition) is 7. The van der Waals surface area contributed by atoms with Gasteiger partial charge in [-0.3, -0.25) is 9.78 Å². The first kappa shape index (κ1) is 29.6.